The van der Waals surface area contributed by atoms with Gasteiger partial charge in [-0.3, -0.25) is 19.1 Å². The van der Waals surface area contributed by atoms with Gasteiger partial charge in [0.1, 0.15) is 24.0 Å². The predicted molar refractivity (Wildman–Crippen MR) is 161 cm³/mol. The second kappa shape index (κ2) is 17.1. The second-order valence-electron chi connectivity index (χ2n) is 13.1. The zero-order valence-corrected chi connectivity index (χ0v) is 30.3. The molecule has 3 heterocycles. The number of aryl methyl sites for hydroxylation is 1. The molecule has 0 aliphatic carbocycles. The highest BCUT2D eigenvalue weighted by atomic mass is 19.4. The van der Waals surface area contributed by atoms with Crippen molar-refractivity contribution in [1.29, 1.82) is 0 Å². The van der Waals surface area contributed by atoms with Crippen LogP contribution >= 0.6 is 0 Å². The third-order valence-electron chi connectivity index (χ3n) is 8.48. The Kier molecular flexibility index (Phi) is 14.1. The molecule has 60 heavy (non-hydrogen) atoms. The Morgan fingerprint density at radius 2 is 1.40 bits per heavy atom. The summed E-state index contributed by atoms with van der Waals surface area (Å²) in [4.78, 5) is 52.8. The molecule has 4 bridgehead atoms. The summed E-state index contributed by atoms with van der Waals surface area (Å²) >= 11 is 0. The number of halogens is 17. The number of urea groups is 1. The summed E-state index contributed by atoms with van der Waals surface area (Å²) in [5, 5.41) is 12.4. The van der Waals surface area contributed by atoms with Gasteiger partial charge in [0.05, 0.1) is 32.3 Å². The highest BCUT2D eigenvalue weighted by molar-refractivity contribution is 5.93. The Balaban J connectivity index is 1.80. The number of nitrogens with zero attached hydrogens (tertiary/aromatic N) is 5. The van der Waals surface area contributed by atoms with Gasteiger partial charge in [0.25, 0.3) is 5.91 Å². The largest absolute Gasteiger partial charge is 0.464 e. The van der Waals surface area contributed by atoms with E-state index in [1.807, 2.05) is 0 Å². The van der Waals surface area contributed by atoms with Crippen LogP contribution in [0.3, 0.4) is 0 Å². The molecular weight excluding hydrogens is 877 g/mol. The molecule has 2 N–H and O–H groups in total. The van der Waals surface area contributed by atoms with E-state index in [2.05, 4.69) is 25.7 Å². The number of rotatable bonds is 12. The van der Waals surface area contributed by atoms with Crippen LogP contribution in [0, 0.1) is 0 Å². The zero-order valence-electron chi connectivity index (χ0n) is 30.3. The van der Waals surface area contributed by atoms with Gasteiger partial charge in [-0.15, -0.1) is 5.10 Å². The zero-order chi connectivity index (χ0) is 46.1. The van der Waals surface area contributed by atoms with Gasteiger partial charge in [-0.2, -0.15) is 74.6 Å². The van der Waals surface area contributed by atoms with Crippen LogP contribution in [-0.4, -0.2) is 130 Å². The Labute approximate surface area is 324 Å². The fourth-order valence-electron chi connectivity index (χ4n) is 5.07. The summed E-state index contributed by atoms with van der Waals surface area (Å²) in [7, 11) is 2.92. The lowest BCUT2D eigenvalue weighted by Gasteiger charge is -2.42. The third-order valence-corrected chi connectivity index (χ3v) is 8.48. The highest BCUT2D eigenvalue weighted by Crippen LogP contribution is 2.64. The van der Waals surface area contributed by atoms with E-state index in [4.69, 9.17) is 4.42 Å². The first-order chi connectivity index (χ1) is 27.2. The molecule has 3 rings (SSSR count). The number of ether oxygens (including phenoxy) is 1. The van der Waals surface area contributed by atoms with Crippen molar-refractivity contribution in [2.24, 2.45) is 0 Å². The van der Waals surface area contributed by atoms with Gasteiger partial charge in [-0.05, 0) is 31.4 Å². The molecule has 0 aromatic carbocycles. The lowest BCUT2D eigenvalue weighted by Crippen LogP contribution is -2.74. The number of aromatic nitrogens is 3. The van der Waals surface area contributed by atoms with Crippen LogP contribution in [0.2, 0.25) is 0 Å². The molecule has 2 aromatic rings. The number of esters is 1. The molecule has 340 valence electrons. The van der Waals surface area contributed by atoms with Crippen LogP contribution < -0.4 is 10.6 Å². The second-order valence-corrected chi connectivity index (χ2v) is 13.1. The lowest BCUT2D eigenvalue weighted by atomic mass is 9.88. The first-order valence-electron chi connectivity index (χ1n) is 16.6. The fourth-order valence-corrected chi connectivity index (χ4v) is 5.07. The summed E-state index contributed by atoms with van der Waals surface area (Å²) in [5.74, 6) is -62.0. The van der Waals surface area contributed by atoms with E-state index in [9.17, 15) is 93.8 Å². The van der Waals surface area contributed by atoms with Gasteiger partial charge in [0, 0.05) is 20.6 Å². The van der Waals surface area contributed by atoms with E-state index < -0.39 is 116 Å². The van der Waals surface area contributed by atoms with Gasteiger partial charge in [-0.1, -0.05) is 5.21 Å². The van der Waals surface area contributed by atoms with Gasteiger partial charge in [0.15, 0.2) is 5.76 Å². The summed E-state index contributed by atoms with van der Waals surface area (Å²) in [6.07, 6.45) is -8.84. The van der Waals surface area contributed by atoms with E-state index >= 15 is 0 Å². The van der Waals surface area contributed by atoms with Crippen LogP contribution in [0.25, 0.3) is 0 Å². The van der Waals surface area contributed by atoms with Crippen LogP contribution in [-0.2, 0) is 34.0 Å². The average Bonchev–Trinajstić information content (AvgIpc) is 3.79. The summed E-state index contributed by atoms with van der Waals surface area (Å²) in [5.41, 5.74) is -0.0941. The van der Waals surface area contributed by atoms with Crippen molar-refractivity contribution in [2.75, 3.05) is 27.2 Å². The molecule has 30 heteroatoms. The van der Waals surface area contributed by atoms with Crippen molar-refractivity contribution < 1.29 is 103 Å². The molecule has 13 nitrogen and oxygen atoms in total. The fraction of sp³-hybridized carbons (Fsp3) is 0.667. The molecular formula is C30H30F17N7O6. The molecule has 0 saturated heterocycles. The maximum Gasteiger partial charge on any atom is 0.460 e. The smallest absolute Gasteiger partial charge is 0.460 e. The number of alkyl halides is 17. The maximum atomic E-state index is 14.3. The van der Waals surface area contributed by atoms with Crippen molar-refractivity contribution in [3.8, 4) is 0 Å². The van der Waals surface area contributed by atoms with Gasteiger partial charge < -0.3 is 29.6 Å². The molecule has 4 amide bonds. The van der Waals surface area contributed by atoms with Crippen molar-refractivity contribution in [2.45, 2.75) is 99.0 Å². The molecule has 1 aliphatic heterocycles. The predicted octanol–water partition coefficient (Wildman–Crippen LogP) is 5.90. The van der Waals surface area contributed by atoms with Crippen LogP contribution in [0.1, 0.15) is 47.7 Å². The molecule has 0 fully saturated rings. The Bertz CT molecular complexity index is 1870. The minimum atomic E-state index is -8.79. The van der Waals surface area contributed by atoms with Crippen molar-refractivity contribution >= 4 is 23.8 Å². The van der Waals surface area contributed by atoms with Crippen molar-refractivity contribution in [1.82, 2.24) is 35.4 Å². The number of hydrogen-bond donors (Lipinski definition) is 2. The van der Waals surface area contributed by atoms with E-state index in [1.165, 1.54) is 29.9 Å². The summed E-state index contributed by atoms with van der Waals surface area (Å²) in [6.45, 7) is -4.56. The van der Waals surface area contributed by atoms with Crippen LogP contribution in [0.4, 0.5) is 79.4 Å². The number of carbonyl (C=O) groups excluding carboxylic acids is 4. The number of nitrogens with one attached hydrogen (secondary N) is 2. The number of likely N-dealkylation sites (N-methyl/N-ethyl adjacent to an activating group) is 1. The monoisotopic (exact) mass is 907 g/mol. The molecule has 2 aromatic heterocycles. The number of fused-ring (bicyclic) bond motifs is 4. The Morgan fingerprint density at radius 3 is 1.97 bits per heavy atom. The molecule has 0 saturated carbocycles. The van der Waals surface area contributed by atoms with E-state index in [0.29, 0.717) is 17.7 Å². The molecule has 0 spiro atoms. The summed E-state index contributed by atoms with van der Waals surface area (Å²) < 4.78 is 242. The first-order valence-corrected chi connectivity index (χ1v) is 16.6. The molecule has 1 atom stereocenters. The van der Waals surface area contributed by atoms with Crippen molar-refractivity contribution in [3.05, 3.63) is 35.5 Å². The minimum Gasteiger partial charge on any atom is -0.464 e. The van der Waals surface area contributed by atoms with Crippen LogP contribution in [0.5, 0.6) is 0 Å². The number of hydrogen-bond acceptors (Lipinski definition) is 8. The number of furan rings is 1. The third kappa shape index (κ3) is 9.44. The number of amides is 4. The lowest BCUT2D eigenvalue weighted by molar-refractivity contribution is -0.461. The Hall–Kier alpha value is -5.09. The minimum absolute atomic E-state index is 0.0941. The molecule has 1 aliphatic rings. The molecule has 0 radical (unpaired) electrons. The quantitative estimate of drug-likeness (QED) is 0.198. The van der Waals surface area contributed by atoms with Gasteiger partial charge in [0.2, 0.25) is 5.91 Å². The standard InChI is InChI=1S/C30H30F17N7O6/c1-52(2)20(56)17-5-3-4-9-54-13-15(50-51-54)12-53(21(57)18-7-6-16(60-18)11-48-22(58)49-17)14-19(55)59-10-8-23(31,32)24(33,34)25(35,36)26(37,38)27(39,40)28(41,42)29(43,44)30(45,46)47/h6-7,13,17H,3-5,8-12,14H2,1-2H3,(H2,48,49,58)/t17-/m0/s1. The number of carbonyl (C=O) groups is 4. The maximum absolute atomic E-state index is 14.3. The van der Waals surface area contributed by atoms with E-state index in [-0.39, 0.29) is 24.4 Å². The normalized spacial score (nSPS) is 17.6. The Morgan fingerprint density at radius 1 is 0.833 bits per heavy atom. The highest BCUT2D eigenvalue weighted by Gasteiger charge is 2.95. The van der Waals surface area contributed by atoms with Gasteiger partial charge >= 0.3 is 59.6 Å². The van der Waals surface area contributed by atoms with Crippen molar-refractivity contribution in [3.63, 3.8) is 0 Å². The van der Waals surface area contributed by atoms with E-state index in [0.717, 1.165) is 12.1 Å². The first kappa shape index (κ1) is 49.3. The topological polar surface area (TPSA) is 152 Å². The molecule has 0 unspecified atom stereocenters. The van der Waals surface area contributed by atoms with Crippen LogP contribution in [0.15, 0.2) is 22.7 Å². The SMILES string of the molecule is CN(C)C(=O)[C@@H]1CCCCn2cc(nn2)CN(CC(=O)OCCC(F)(F)C(F)(F)C(F)(F)C(F)(F)C(F)(F)C(F)(F)C(F)(F)C(F)(F)F)C(=O)c2ccc(o2)CNC(=O)N1. The average molecular weight is 908 g/mol. The van der Waals surface area contributed by atoms with E-state index in [1.54, 1.807) is 0 Å². The van der Waals surface area contributed by atoms with Gasteiger partial charge in [-0.25, -0.2) is 4.79 Å². The summed E-state index contributed by atoms with van der Waals surface area (Å²) in [6, 6.07) is 0.364.